The van der Waals surface area contributed by atoms with Crippen LogP contribution in [0.15, 0.2) is 42.6 Å². The van der Waals surface area contributed by atoms with Gasteiger partial charge in [0.1, 0.15) is 11.6 Å². The number of pyridine rings is 1. The molecule has 2 rings (SSSR count). The highest BCUT2D eigenvalue weighted by Gasteiger charge is 1.97. The number of nitrogens with zero attached hydrogens (tertiary/aromatic N) is 1. The molecule has 4 heteroatoms. The van der Waals surface area contributed by atoms with E-state index in [1.165, 1.54) is 11.1 Å². The number of aromatic nitrogens is 1. The van der Waals surface area contributed by atoms with Crippen molar-refractivity contribution in [3.8, 4) is 5.75 Å². The van der Waals surface area contributed by atoms with Crippen LogP contribution in [0.1, 0.15) is 11.1 Å². The normalized spacial score (nSPS) is 10.2. The van der Waals surface area contributed by atoms with Crippen molar-refractivity contribution in [1.82, 2.24) is 4.98 Å². The fraction of sp³-hybridized carbons (Fsp3) is 0.267. The van der Waals surface area contributed by atoms with E-state index in [-0.39, 0.29) is 0 Å². The lowest BCUT2D eigenvalue weighted by atomic mass is 10.1. The summed E-state index contributed by atoms with van der Waals surface area (Å²) >= 11 is 0. The summed E-state index contributed by atoms with van der Waals surface area (Å²) in [5.74, 6) is 1.60. The van der Waals surface area contributed by atoms with Crippen molar-refractivity contribution in [3.63, 3.8) is 0 Å². The molecule has 100 valence electrons. The third kappa shape index (κ3) is 3.96. The van der Waals surface area contributed by atoms with E-state index in [0.29, 0.717) is 6.54 Å². The molecular formula is C15H19N3O. The Morgan fingerprint density at radius 3 is 2.42 bits per heavy atom. The SMILES string of the molecule is COc1ccc(NCc2ccc(CCN)cc2)nc1. The van der Waals surface area contributed by atoms with Gasteiger partial charge in [-0.1, -0.05) is 24.3 Å². The first-order valence-corrected chi connectivity index (χ1v) is 6.33. The third-order valence-corrected chi connectivity index (χ3v) is 2.90. The summed E-state index contributed by atoms with van der Waals surface area (Å²) in [6.07, 6.45) is 2.63. The van der Waals surface area contributed by atoms with Crippen LogP contribution in [0.5, 0.6) is 5.75 Å². The minimum atomic E-state index is 0.688. The summed E-state index contributed by atoms with van der Waals surface area (Å²) in [7, 11) is 1.63. The molecule has 4 nitrogen and oxygen atoms in total. The minimum Gasteiger partial charge on any atom is -0.495 e. The predicted octanol–water partition coefficient (Wildman–Crippen LogP) is 2.20. The number of anilines is 1. The average Bonchev–Trinajstić information content (AvgIpc) is 2.47. The molecule has 0 bridgehead atoms. The maximum absolute atomic E-state index is 5.53. The van der Waals surface area contributed by atoms with Gasteiger partial charge in [0.2, 0.25) is 0 Å². The molecule has 1 heterocycles. The topological polar surface area (TPSA) is 60.2 Å². The summed E-state index contributed by atoms with van der Waals surface area (Å²) in [5.41, 5.74) is 8.02. The number of benzene rings is 1. The lowest BCUT2D eigenvalue weighted by Crippen LogP contribution is -2.04. The lowest BCUT2D eigenvalue weighted by molar-refractivity contribution is 0.413. The molecule has 0 amide bonds. The summed E-state index contributed by atoms with van der Waals surface area (Å²) < 4.78 is 5.07. The molecule has 0 spiro atoms. The largest absolute Gasteiger partial charge is 0.495 e. The van der Waals surface area contributed by atoms with Gasteiger partial charge in [0, 0.05) is 6.54 Å². The fourth-order valence-corrected chi connectivity index (χ4v) is 1.79. The highest BCUT2D eigenvalue weighted by molar-refractivity contribution is 5.38. The van der Waals surface area contributed by atoms with Crippen LogP contribution in [0.3, 0.4) is 0 Å². The molecule has 0 radical (unpaired) electrons. The Kier molecular flexibility index (Phi) is 4.75. The van der Waals surface area contributed by atoms with Crippen LogP contribution < -0.4 is 15.8 Å². The van der Waals surface area contributed by atoms with Gasteiger partial charge >= 0.3 is 0 Å². The quantitative estimate of drug-likeness (QED) is 0.833. The van der Waals surface area contributed by atoms with E-state index in [1.54, 1.807) is 13.3 Å². The maximum Gasteiger partial charge on any atom is 0.137 e. The lowest BCUT2D eigenvalue weighted by Gasteiger charge is -2.07. The molecule has 3 N–H and O–H groups in total. The van der Waals surface area contributed by atoms with E-state index in [4.69, 9.17) is 10.5 Å². The molecule has 0 saturated heterocycles. The maximum atomic E-state index is 5.53. The Balaban J connectivity index is 1.90. The molecule has 0 saturated carbocycles. The van der Waals surface area contributed by atoms with Gasteiger partial charge in [0.15, 0.2) is 0 Å². The van der Waals surface area contributed by atoms with Gasteiger partial charge in [-0.2, -0.15) is 0 Å². The van der Waals surface area contributed by atoms with Crippen LogP contribution >= 0.6 is 0 Å². The molecule has 1 aromatic carbocycles. The van der Waals surface area contributed by atoms with Crippen molar-refractivity contribution >= 4 is 5.82 Å². The summed E-state index contributed by atoms with van der Waals surface area (Å²) in [5, 5.41) is 3.27. The molecular weight excluding hydrogens is 238 g/mol. The van der Waals surface area contributed by atoms with E-state index < -0.39 is 0 Å². The Labute approximate surface area is 113 Å². The van der Waals surface area contributed by atoms with Gasteiger partial charge in [0.25, 0.3) is 0 Å². The van der Waals surface area contributed by atoms with E-state index in [9.17, 15) is 0 Å². The monoisotopic (exact) mass is 257 g/mol. The number of hydrogen-bond donors (Lipinski definition) is 2. The first-order valence-electron chi connectivity index (χ1n) is 6.33. The van der Waals surface area contributed by atoms with Crippen molar-refractivity contribution in [2.75, 3.05) is 19.0 Å². The predicted molar refractivity (Wildman–Crippen MR) is 77.3 cm³/mol. The first-order chi connectivity index (χ1) is 9.31. The number of ether oxygens (including phenoxy) is 1. The minimum absolute atomic E-state index is 0.688. The zero-order valence-corrected chi connectivity index (χ0v) is 11.1. The average molecular weight is 257 g/mol. The van der Waals surface area contributed by atoms with Gasteiger partial charge in [-0.3, -0.25) is 0 Å². The number of rotatable bonds is 6. The van der Waals surface area contributed by atoms with Gasteiger partial charge in [-0.15, -0.1) is 0 Å². The molecule has 19 heavy (non-hydrogen) atoms. The second-order valence-electron chi connectivity index (χ2n) is 4.29. The third-order valence-electron chi connectivity index (χ3n) is 2.90. The van der Waals surface area contributed by atoms with Crippen LogP contribution in [0.25, 0.3) is 0 Å². The Morgan fingerprint density at radius 1 is 1.11 bits per heavy atom. The summed E-state index contributed by atoms with van der Waals surface area (Å²) in [6, 6.07) is 12.3. The molecule has 1 aromatic heterocycles. The van der Waals surface area contributed by atoms with Crippen molar-refractivity contribution in [2.24, 2.45) is 5.73 Å². The Hall–Kier alpha value is -2.07. The van der Waals surface area contributed by atoms with Crippen LogP contribution in [0.2, 0.25) is 0 Å². The van der Waals surface area contributed by atoms with Crippen LogP contribution in [-0.2, 0) is 13.0 Å². The van der Waals surface area contributed by atoms with Gasteiger partial charge in [0.05, 0.1) is 13.3 Å². The van der Waals surface area contributed by atoms with Crippen molar-refractivity contribution in [1.29, 1.82) is 0 Å². The molecule has 0 aliphatic carbocycles. The van der Waals surface area contributed by atoms with Crippen molar-refractivity contribution in [3.05, 3.63) is 53.7 Å². The van der Waals surface area contributed by atoms with E-state index in [0.717, 1.165) is 24.5 Å². The van der Waals surface area contributed by atoms with Crippen LogP contribution in [0, 0.1) is 0 Å². The standard InChI is InChI=1S/C15H19N3O/c1-19-14-6-7-15(18-11-14)17-10-13-4-2-12(3-5-13)8-9-16/h2-7,11H,8-10,16H2,1H3,(H,17,18). The van der Waals surface area contributed by atoms with E-state index in [2.05, 4.69) is 34.6 Å². The second-order valence-corrected chi connectivity index (χ2v) is 4.29. The Bertz CT molecular complexity index is 494. The summed E-state index contributed by atoms with van der Waals surface area (Å²) in [6.45, 7) is 1.44. The zero-order chi connectivity index (χ0) is 13.5. The Morgan fingerprint density at radius 2 is 1.84 bits per heavy atom. The van der Waals surface area contributed by atoms with Crippen LogP contribution in [0.4, 0.5) is 5.82 Å². The van der Waals surface area contributed by atoms with Crippen molar-refractivity contribution < 1.29 is 4.74 Å². The van der Waals surface area contributed by atoms with Gasteiger partial charge in [-0.25, -0.2) is 4.98 Å². The van der Waals surface area contributed by atoms with E-state index in [1.807, 2.05) is 12.1 Å². The fourth-order valence-electron chi connectivity index (χ4n) is 1.79. The highest BCUT2D eigenvalue weighted by Crippen LogP contribution is 2.12. The molecule has 0 atom stereocenters. The van der Waals surface area contributed by atoms with Gasteiger partial charge < -0.3 is 15.8 Å². The molecule has 2 aromatic rings. The highest BCUT2D eigenvalue weighted by atomic mass is 16.5. The van der Waals surface area contributed by atoms with Gasteiger partial charge in [-0.05, 0) is 36.2 Å². The molecule has 0 aliphatic rings. The van der Waals surface area contributed by atoms with Crippen LogP contribution in [-0.4, -0.2) is 18.6 Å². The smallest absolute Gasteiger partial charge is 0.137 e. The number of nitrogens with one attached hydrogen (secondary N) is 1. The second kappa shape index (κ2) is 6.75. The van der Waals surface area contributed by atoms with Crippen molar-refractivity contribution in [2.45, 2.75) is 13.0 Å². The molecule has 0 fully saturated rings. The zero-order valence-electron chi connectivity index (χ0n) is 11.1. The number of hydrogen-bond acceptors (Lipinski definition) is 4. The summed E-state index contributed by atoms with van der Waals surface area (Å²) in [4.78, 5) is 4.26. The molecule has 0 unspecified atom stereocenters. The number of nitrogens with two attached hydrogens (primary N) is 1. The first kappa shape index (κ1) is 13.4. The van der Waals surface area contributed by atoms with E-state index >= 15 is 0 Å². The molecule has 0 aliphatic heterocycles. The number of methoxy groups -OCH3 is 1.